The normalized spacial score (nSPS) is 23.0. The number of benzene rings is 1. The molecule has 0 bridgehead atoms. The number of carbonyl (C=O) groups is 1. The van der Waals surface area contributed by atoms with Crippen LogP contribution >= 0.6 is 11.6 Å². The van der Waals surface area contributed by atoms with Gasteiger partial charge in [0.25, 0.3) is 0 Å². The van der Waals surface area contributed by atoms with E-state index in [-0.39, 0.29) is 11.3 Å². The summed E-state index contributed by atoms with van der Waals surface area (Å²) >= 11 is 5.94. The lowest BCUT2D eigenvalue weighted by Crippen LogP contribution is -2.32. The molecule has 1 saturated heterocycles. The van der Waals surface area contributed by atoms with Gasteiger partial charge in [-0.1, -0.05) is 23.7 Å². The largest absolute Gasteiger partial charge is 0.355 e. The van der Waals surface area contributed by atoms with E-state index >= 15 is 0 Å². The molecule has 21 heavy (non-hydrogen) atoms. The van der Waals surface area contributed by atoms with Crippen LogP contribution in [0.2, 0.25) is 5.02 Å². The molecule has 3 rings (SSSR count). The topological polar surface area (TPSA) is 41.1 Å². The molecule has 2 N–H and O–H groups in total. The van der Waals surface area contributed by atoms with Crippen LogP contribution in [0, 0.1) is 5.92 Å². The summed E-state index contributed by atoms with van der Waals surface area (Å²) in [7, 11) is 0. The first kappa shape index (κ1) is 14.9. The van der Waals surface area contributed by atoms with Crippen molar-refractivity contribution in [3.63, 3.8) is 0 Å². The monoisotopic (exact) mass is 306 g/mol. The third-order valence-corrected chi connectivity index (χ3v) is 5.13. The molecule has 0 radical (unpaired) electrons. The smallest absolute Gasteiger partial charge is 0.220 e. The molecule has 1 aromatic rings. The van der Waals surface area contributed by atoms with Crippen LogP contribution < -0.4 is 10.6 Å². The maximum Gasteiger partial charge on any atom is 0.220 e. The number of nitrogens with one attached hydrogen (secondary N) is 2. The summed E-state index contributed by atoms with van der Waals surface area (Å²) in [6.07, 6.45) is 5.18. The molecule has 1 unspecified atom stereocenters. The summed E-state index contributed by atoms with van der Waals surface area (Å²) in [5.41, 5.74) is 1.46. The van der Waals surface area contributed by atoms with Gasteiger partial charge in [0.2, 0.25) is 5.91 Å². The fraction of sp³-hybridized carbons (Fsp3) is 0.588. The molecule has 114 valence electrons. The molecule has 4 heteroatoms. The molecule has 1 saturated carbocycles. The molecule has 2 fully saturated rings. The van der Waals surface area contributed by atoms with Gasteiger partial charge in [-0.15, -0.1) is 0 Å². The second kappa shape index (κ2) is 6.37. The van der Waals surface area contributed by atoms with Gasteiger partial charge in [0.05, 0.1) is 0 Å². The summed E-state index contributed by atoms with van der Waals surface area (Å²) in [6, 6.07) is 8.05. The highest BCUT2D eigenvalue weighted by molar-refractivity contribution is 6.30. The van der Waals surface area contributed by atoms with Gasteiger partial charge in [0.15, 0.2) is 0 Å². The third-order valence-electron chi connectivity index (χ3n) is 4.88. The zero-order chi connectivity index (χ0) is 14.7. The van der Waals surface area contributed by atoms with E-state index < -0.39 is 0 Å². The Labute approximate surface area is 131 Å². The van der Waals surface area contributed by atoms with Gasteiger partial charge in [-0.05, 0) is 62.4 Å². The van der Waals surface area contributed by atoms with E-state index in [4.69, 9.17) is 11.6 Å². The van der Waals surface area contributed by atoms with Crippen LogP contribution in [0.1, 0.15) is 37.7 Å². The molecule has 1 aliphatic heterocycles. The van der Waals surface area contributed by atoms with E-state index in [1.165, 1.54) is 12.0 Å². The summed E-state index contributed by atoms with van der Waals surface area (Å²) in [5, 5.41) is 7.24. The number of hydrogen-bond donors (Lipinski definition) is 2. The van der Waals surface area contributed by atoms with E-state index in [0.29, 0.717) is 12.3 Å². The Bertz CT molecular complexity index is 490. The standard InChI is InChI=1S/C17H23ClN2O/c18-15-4-2-14(3-5-15)17(8-9-17)12-20-16(21)6-1-13-7-10-19-11-13/h2-5,13,19H,1,6-12H2,(H,20,21). The van der Waals surface area contributed by atoms with E-state index in [0.717, 1.165) is 43.9 Å². The molecule has 3 nitrogen and oxygen atoms in total. The van der Waals surface area contributed by atoms with E-state index in [1.807, 2.05) is 12.1 Å². The van der Waals surface area contributed by atoms with Crippen molar-refractivity contribution in [3.05, 3.63) is 34.9 Å². The molecule has 1 aliphatic carbocycles. The lowest BCUT2D eigenvalue weighted by atomic mass is 9.96. The van der Waals surface area contributed by atoms with Gasteiger partial charge in [-0.25, -0.2) is 0 Å². The molecular formula is C17H23ClN2O. The molecule has 0 aromatic heterocycles. The van der Waals surface area contributed by atoms with Crippen molar-refractivity contribution in [3.8, 4) is 0 Å². The Morgan fingerprint density at radius 1 is 1.33 bits per heavy atom. The van der Waals surface area contributed by atoms with Crippen LogP contribution in [0.15, 0.2) is 24.3 Å². The van der Waals surface area contributed by atoms with Gasteiger partial charge in [-0.3, -0.25) is 4.79 Å². The highest BCUT2D eigenvalue weighted by Crippen LogP contribution is 2.47. The highest BCUT2D eigenvalue weighted by atomic mass is 35.5. The van der Waals surface area contributed by atoms with Crippen LogP contribution in [0.25, 0.3) is 0 Å². The van der Waals surface area contributed by atoms with Crippen molar-refractivity contribution in [2.75, 3.05) is 19.6 Å². The molecule has 0 spiro atoms. The molecule has 1 atom stereocenters. The van der Waals surface area contributed by atoms with Crippen molar-refractivity contribution in [1.82, 2.24) is 10.6 Å². The average Bonchev–Trinajstić information content (AvgIpc) is 3.10. The van der Waals surface area contributed by atoms with Gasteiger partial charge in [0, 0.05) is 23.4 Å². The Morgan fingerprint density at radius 2 is 2.10 bits per heavy atom. The van der Waals surface area contributed by atoms with Crippen molar-refractivity contribution in [2.24, 2.45) is 5.92 Å². The highest BCUT2D eigenvalue weighted by Gasteiger charge is 2.44. The van der Waals surface area contributed by atoms with Crippen molar-refractivity contribution in [2.45, 2.75) is 37.5 Å². The summed E-state index contributed by atoms with van der Waals surface area (Å²) < 4.78 is 0. The minimum atomic E-state index is 0.162. The molecule has 1 heterocycles. The van der Waals surface area contributed by atoms with Crippen LogP contribution in [0.5, 0.6) is 0 Å². The Hall–Kier alpha value is -1.06. The van der Waals surface area contributed by atoms with Crippen LogP contribution in [0.3, 0.4) is 0 Å². The van der Waals surface area contributed by atoms with Crippen LogP contribution in [0.4, 0.5) is 0 Å². The number of halogens is 1. The van der Waals surface area contributed by atoms with Crippen molar-refractivity contribution >= 4 is 17.5 Å². The number of hydrogen-bond acceptors (Lipinski definition) is 2. The van der Waals surface area contributed by atoms with Crippen molar-refractivity contribution in [1.29, 1.82) is 0 Å². The first-order valence-electron chi connectivity index (χ1n) is 7.91. The van der Waals surface area contributed by atoms with Gasteiger partial charge < -0.3 is 10.6 Å². The second-order valence-electron chi connectivity index (χ2n) is 6.46. The van der Waals surface area contributed by atoms with Gasteiger partial charge >= 0.3 is 0 Å². The number of carbonyl (C=O) groups excluding carboxylic acids is 1. The Kier molecular flexibility index (Phi) is 4.51. The SMILES string of the molecule is O=C(CCC1CCNC1)NCC1(c2ccc(Cl)cc2)CC1. The van der Waals surface area contributed by atoms with Gasteiger partial charge in [0.1, 0.15) is 0 Å². The average molecular weight is 307 g/mol. The molecule has 1 amide bonds. The minimum Gasteiger partial charge on any atom is -0.355 e. The summed E-state index contributed by atoms with van der Waals surface area (Å²) in [4.78, 5) is 12.0. The number of amides is 1. The minimum absolute atomic E-state index is 0.162. The van der Waals surface area contributed by atoms with Crippen LogP contribution in [-0.2, 0) is 10.2 Å². The van der Waals surface area contributed by atoms with Gasteiger partial charge in [-0.2, -0.15) is 0 Å². The van der Waals surface area contributed by atoms with E-state index in [9.17, 15) is 4.79 Å². The Balaban J connectivity index is 1.45. The van der Waals surface area contributed by atoms with Crippen molar-refractivity contribution < 1.29 is 4.79 Å². The molecule has 1 aromatic carbocycles. The zero-order valence-corrected chi connectivity index (χ0v) is 13.1. The predicted octanol–water partition coefficient (Wildman–Crippen LogP) is 2.88. The van der Waals surface area contributed by atoms with Crippen LogP contribution in [-0.4, -0.2) is 25.5 Å². The first-order valence-corrected chi connectivity index (χ1v) is 8.29. The molecular weight excluding hydrogens is 284 g/mol. The predicted molar refractivity (Wildman–Crippen MR) is 85.6 cm³/mol. The second-order valence-corrected chi connectivity index (χ2v) is 6.90. The van der Waals surface area contributed by atoms with E-state index in [2.05, 4.69) is 22.8 Å². The fourth-order valence-corrected chi connectivity index (χ4v) is 3.30. The summed E-state index contributed by atoms with van der Waals surface area (Å²) in [5.74, 6) is 0.879. The quantitative estimate of drug-likeness (QED) is 0.848. The lowest BCUT2D eigenvalue weighted by Gasteiger charge is -2.17. The zero-order valence-electron chi connectivity index (χ0n) is 12.3. The first-order chi connectivity index (χ1) is 10.2. The summed E-state index contributed by atoms with van der Waals surface area (Å²) in [6.45, 7) is 2.93. The fourth-order valence-electron chi connectivity index (χ4n) is 3.17. The maximum atomic E-state index is 12.0. The number of rotatable bonds is 6. The lowest BCUT2D eigenvalue weighted by molar-refractivity contribution is -0.121. The van der Waals surface area contributed by atoms with E-state index in [1.54, 1.807) is 0 Å². The molecule has 2 aliphatic rings. The third kappa shape index (κ3) is 3.78. The maximum absolute atomic E-state index is 12.0. The Morgan fingerprint density at radius 3 is 2.71 bits per heavy atom.